The van der Waals surface area contributed by atoms with Crippen molar-refractivity contribution in [3.05, 3.63) is 43.1 Å². The first kappa shape index (κ1) is 12.5. The van der Waals surface area contributed by atoms with Gasteiger partial charge in [-0.25, -0.2) is 4.98 Å². The normalized spacial score (nSPS) is 10.4. The predicted octanol–water partition coefficient (Wildman–Crippen LogP) is 2.63. The lowest BCUT2D eigenvalue weighted by Gasteiger charge is -2.06. The SMILES string of the molecule is C=CCCOCCNc1cnc2ccccc2n1. The van der Waals surface area contributed by atoms with Crippen molar-refractivity contribution >= 4 is 16.9 Å². The van der Waals surface area contributed by atoms with Crippen LogP contribution in [0.1, 0.15) is 6.42 Å². The molecule has 1 heterocycles. The zero-order valence-electron chi connectivity index (χ0n) is 10.3. The third-order valence-corrected chi connectivity index (χ3v) is 2.47. The van der Waals surface area contributed by atoms with Crippen molar-refractivity contribution in [2.24, 2.45) is 0 Å². The highest BCUT2D eigenvalue weighted by atomic mass is 16.5. The van der Waals surface area contributed by atoms with Gasteiger partial charge in [-0.1, -0.05) is 18.2 Å². The maximum atomic E-state index is 5.40. The van der Waals surface area contributed by atoms with E-state index in [1.54, 1.807) is 6.20 Å². The Morgan fingerprint density at radius 3 is 2.89 bits per heavy atom. The molecule has 0 radical (unpaired) electrons. The molecule has 0 fully saturated rings. The molecule has 0 amide bonds. The molecule has 4 nitrogen and oxygen atoms in total. The van der Waals surface area contributed by atoms with Gasteiger partial charge in [-0.05, 0) is 18.6 Å². The van der Waals surface area contributed by atoms with E-state index in [-0.39, 0.29) is 0 Å². The quantitative estimate of drug-likeness (QED) is 0.600. The lowest BCUT2D eigenvalue weighted by molar-refractivity contribution is 0.149. The standard InChI is InChI=1S/C14H17N3O/c1-2-3-9-18-10-8-15-14-11-16-12-6-4-5-7-13(12)17-14/h2,4-7,11H,1,3,8-10H2,(H,15,17). The van der Waals surface area contributed by atoms with Crippen molar-refractivity contribution < 1.29 is 4.74 Å². The molecule has 0 bridgehead atoms. The highest BCUT2D eigenvalue weighted by Crippen LogP contribution is 2.10. The van der Waals surface area contributed by atoms with E-state index in [4.69, 9.17) is 4.74 Å². The molecule has 1 aromatic heterocycles. The summed E-state index contributed by atoms with van der Waals surface area (Å²) >= 11 is 0. The predicted molar refractivity (Wildman–Crippen MR) is 73.7 cm³/mol. The van der Waals surface area contributed by atoms with Crippen LogP contribution in [0.3, 0.4) is 0 Å². The third kappa shape index (κ3) is 3.53. The summed E-state index contributed by atoms with van der Waals surface area (Å²) in [5.74, 6) is 0.779. The Morgan fingerprint density at radius 1 is 1.22 bits per heavy atom. The van der Waals surface area contributed by atoms with E-state index in [0.717, 1.165) is 29.8 Å². The number of hydrogen-bond donors (Lipinski definition) is 1. The second-order valence-electron chi connectivity index (χ2n) is 3.86. The molecule has 1 aromatic carbocycles. The number of rotatable bonds is 7. The van der Waals surface area contributed by atoms with Crippen molar-refractivity contribution in [2.75, 3.05) is 25.1 Å². The van der Waals surface area contributed by atoms with E-state index in [1.165, 1.54) is 0 Å². The van der Waals surface area contributed by atoms with Gasteiger partial charge < -0.3 is 10.1 Å². The van der Waals surface area contributed by atoms with E-state index >= 15 is 0 Å². The number of aromatic nitrogens is 2. The van der Waals surface area contributed by atoms with Gasteiger partial charge in [0, 0.05) is 6.54 Å². The van der Waals surface area contributed by atoms with Crippen LogP contribution in [0.5, 0.6) is 0 Å². The minimum Gasteiger partial charge on any atom is -0.379 e. The van der Waals surface area contributed by atoms with Gasteiger partial charge in [-0.2, -0.15) is 0 Å². The van der Waals surface area contributed by atoms with Gasteiger partial charge in [-0.3, -0.25) is 4.98 Å². The Hall–Kier alpha value is -1.94. The molecule has 0 aliphatic carbocycles. The van der Waals surface area contributed by atoms with Crippen LogP contribution in [0.2, 0.25) is 0 Å². The first-order chi connectivity index (χ1) is 8.90. The van der Waals surface area contributed by atoms with Crippen LogP contribution in [0.4, 0.5) is 5.82 Å². The Morgan fingerprint density at radius 2 is 2.06 bits per heavy atom. The zero-order chi connectivity index (χ0) is 12.6. The van der Waals surface area contributed by atoms with Crippen molar-refractivity contribution in [3.63, 3.8) is 0 Å². The van der Waals surface area contributed by atoms with Crippen LogP contribution in [-0.4, -0.2) is 29.7 Å². The maximum Gasteiger partial charge on any atom is 0.145 e. The molecule has 0 saturated heterocycles. The smallest absolute Gasteiger partial charge is 0.145 e. The summed E-state index contributed by atoms with van der Waals surface area (Å²) in [4.78, 5) is 8.79. The van der Waals surface area contributed by atoms with Gasteiger partial charge in [0.05, 0.1) is 30.4 Å². The van der Waals surface area contributed by atoms with E-state index in [1.807, 2.05) is 30.3 Å². The molecular formula is C14H17N3O. The molecular weight excluding hydrogens is 226 g/mol. The van der Waals surface area contributed by atoms with Gasteiger partial charge in [0.15, 0.2) is 0 Å². The number of benzene rings is 1. The number of anilines is 1. The van der Waals surface area contributed by atoms with Gasteiger partial charge >= 0.3 is 0 Å². The monoisotopic (exact) mass is 243 g/mol. The van der Waals surface area contributed by atoms with Gasteiger partial charge in [-0.15, -0.1) is 6.58 Å². The molecule has 2 rings (SSSR count). The second kappa shape index (κ2) is 6.71. The zero-order valence-corrected chi connectivity index (χ0v) is 10.3. The summed E-state index contributed by atoms with van der Waals surface area (Å²) in [6, 6.07) is 7.81. The molecule has 18 heavy (non-hydrogen) atoms. The molecule has 0 aliphatic heterocycles. The lowest BCUT2D eigenvalue weighted by Crippen LogP contribution is -2.11. The fraction of sp³-hybridized carbons (Fsp3) is 0.286. The Labute approximate surface area is 107 Å². The summed E-state index contributed by atoms with van der Waals surface area (Å²) in [6.45, 7) is 5.74. The summed E-state index contributed by atoms with van der Waals surface area (Å²) < 4.78 is 5.40. The van der Waals surface area contributed by atoms with Crippen molar-refractivity contribution in [1.29, 1.82) is 0 Å². The van der Waals surface area contributed by atoms with Crippen molar-refractivity contribution in [3.8, 4) is 0 Å². The van der Waals surface area contributed by atoms with Gasteiger partial charge in [0.1, 0.15) is 5.82 Å². The fourth-order valence-electron chi connectivity index (χ4n) is 1.56. The summed E-state index contributed by atoms with van der Waals surface area (Å²) in [7, 11) is 0. The van der Waals surface area contributed by atoms with Crippen LogP contribution in [0.25, 0.3) is 11.0 Å². The lowest BCUT2D eigenvalue weighted by atomic mass is 10.3. The summed E-state index contributed by atoms with van der Waals surface area (Å²) in [5.41, 5.74) is 1.81. The number of ether oxygens (including phenoxy) is 1. The van der Waals surface area contributed by atoms with E-state index in [9.17, 15) is 0 Å². The molecule has 0 saturated carbocycles. The minimum atomic E-state index is 0.655. The number of para-hydroxylation sites is 2. The number of nitrogens with one attached hydrogen (secondary N) is 1. The van der Waals surface area contributed by atoms with Crippen LogP contribution >= 0.6 is 0 Å². The van der Waals surface area contributed by atoms with Gasteiger partial charge in [0.25, 0.3) is 0 Å². The highest BCUT2D eigenvalue weighted by molar-refractivity contribution is 5.75. The average Bonchev–Trinajstić information content (AvgIpc) is 2.42. The number of fused-ring (bicyclic) bond motifs is 1. The number of nitrogens with zero attached hydrogens (tertiary/aromatic N) is 2. The van der Waals surface area contributed by atoms with E-state index in [0.29, 0.717) is 13.2 Å². The third-order valence-electron chi connectivity index (χ3n) is 2.47. The van der Waals surface area contributed by atoms with Crippen LogP contribution in [-0.2, 0) is 4.74 Å². The topological polar surface area (TPSA) is 47.0 Å². The molecule has 94 valence electrons. The van der Waals surface area contributed by atoms with E-state index < -0.39 is 0 Å². The van der Waals surface area contributed by atoms with E-state index in [2.05, 4.69) is 21.9 Å². The Bertz CT molecular complexity index is 513. The summed E-state index contributed by atoms with van der Waals surface area (Å²) in [5, 5.41) is 3.19. The van der Waals surface area contributed by atoms with Crippen LogP contribution < -0.4 is 5.32 Å². The first-order valence-electron chi connectivity index (χ1n) is 6.04. The Balaban J connectivity index is 1.82. The minimum absolute atomic E-state index is 0.655. The molecule has 1 N–H and O–H groups in total. The molecule has 0 spiro atoms. The molecule has 0 aliphatic rings. The fourth-order valence-corrected chi connectivity index (χ4v) is 1.56. The first-order valence-corrected chi connectivity index (χ1v) is 6.04. The molecule has 0 unspecified atom stereocenters. The average molecular weight is 243 g/mol. The second-order valence-corrected chi connectivity index (χ2v) is 3.86. The van der Waals surface area contributed by atoms with Crippen LogP contribution in [0.15, 0.2) is 43.1 Å². The largest absolute Gasteiger partial charge is 0.379 e. The maximum absolute atomic E-state index is 5.40. The van der Waals surface area contributed by atoms with Crippen LogP contribution in [0, 0.1) is 0 Å². The summed E-state index contributed by atoms with van der Waals surface area (Å²) in [6.07, 6.45) is 4.48. The van der Waals surface area contributed by atoms with Crippen molar-refractivity contribution in [1.82, 2.24) is 9.97 Å². The molecule has 2 aromatic rings. The van der Waals surface area contributed by atoms with Crippen molar-refractivity contribution in [2.45, 2.75) is 6.42 Å². The molecule has 4 heteroatoms. The highest BCUT2D eigenvalue weighted by Gasteiger charge is 1.97. The Kier molecular flexibility index (Phi) is 4.67. The van der Waals surface area contributed by atoms with Gasteiger partial charge in [0.2, 0.25) is 0 Å². The molecule has 0 atom stereocenters. The number of hydrogen-bond acceptors (Lipinski definition) is 4.